The van der Waals surface area contributed by atoms with Gasteiger partial charge in [-0.1, -0.05) is 32.9 Å². The van der Waals surface area contributed by atoms with Gasteiger partial charge in [0.1, 0.15) is 11.5 Å². The number of methoxy groups -OCH3 is 1. The van der Waals surface area contributed by atoms with Gasteiger partial charge in [-0.05, 0) is 31.0 Å². The first kappa shape index (κ1) is 18.0. The number of benzene rings is 1. The predicted octanol–water partition coefficient (Wildman–Crippen LogP) is 2.82. The van der Waals surface area contributed by atoms with E-state index in [9.17, 15) is 4.79 Å². The number of carbonyl (C=O) groups is 1. The summed E-state index contributed by atoms with van der Waals surface area (Å²) in [6.45, 7) is 7.77. The SMILES string of the molecule is CC.CC(=O)CN.CCc1ccc(OC)cc1. The molecule has 0 amide bonds. The van der Waals surface area contributed by atoms with E-state index in [4.69, 9.17) is 10.5 Å². The van der Waals surface area contributed by atoms with Crippen LogP contribution in [0.25, 0.3) is 0 Å². The number of aryl methyl sites for hydroxylation is 1. The van der Waals surface area contributed by atoms with Crippen molar-refractivity contribution in [2.24, 2.45) is 5.73 Å². The topological polar surface area (TPSA) is 52.3 Å². The van der Waals surface area contributed by atoms with Gasteiger partial charge in [0.2, 0.25) is 0 Å². The molecule has 0 aromatic heterocycles. The van der Waals surface area contributed by atoms with Crippen molar-refractivity contribution in [1.82, 2.24) is 0 Å². The Labute approximate surface area is 105 Å². The second-order valence-corrected chi connectivity index (χ2v) is 3.11. The monoisotopic (exact) mass is 239 g/mol. The summed E-state index contributed by atoms with van der Waals surface area (Å²) in [7, 11) is 1.68. The molecule has 0 aliphatic rings. The molecule has 0 aliphatic carbocycles. The zero-order valence-corrected chi connectivity index (χ0v) is 11.6. The average molecular weight is 239 g/mol. The van der Waals surface area contributed by atoms with E-state index in [-0.39, 0.29) is 12.3 Å². The van der Waals surface area contributed by atoms with Crippen LogP contribution in [0.5, 0.6) is 5.75 Å². The normalized spacial score (nSPS) is 8.12. The third kappa shape index (κ3) is 10.9. The van der Waals surface area contributed by atoms with Crippen molar-refractivity contribution in [3.05, 3.63) is 29.8 Å². The Morgan fingerprint density at radius 2 is 1.65 bits per heavy atom. The van der Waals surface area contributed by atoms with Crippen LogP contribution in [-0.4, -0.2) is 19.4 Å². The first-order chi connectivity index (χ1) is 8.13. The number of rotatable bonds is 3. The minimum atomic E-state index is 0.0324. The third-order valence-electron chi connectivity index (χ3n) is 1.85. The third-order valence-corrected chi connectivity index (χ3v) is 1.85. The Kier molecular flexibility index (Phi) is 13.5. The zero-order valence-electron chi connectivity index (χ0n) is 11.6. The number of Topliss-reactive ketones (excluding diaryl/α,β-unsaturated/α-hetero) is 1. The standard InChI is InChI=1S/C9H12O.C3H7NO.C2H6/c1-3-8-4-6-9(10-2)7-5-8;1-3(5)2-4;1-2/h4-7H,3H2,1-2H3;2,4H2,1H3;1-2H3. The van der Waals surface area contributed by atoms with Gasteiger partial charge < -0.3 is 10.5 Å². The fourth-order valence-electron chi connectivity index (χ4n) is 0.861. The molecule has 0 saturated carbocycles. The summed E-state index contributed by atoms with van der Waals surface area (Å²) in [5.74, 6) is 0.960. The maximum absolute atomic E-state index is 9.69. The van der Waals surface area contributed by atoms with Gasteiger partial charge in [0, 0.05) is 0 Å². The van der Waals surface area contributed by atoms with Gasteiger partial charge >= 0.3 is 0 Å². The average Bonchev–Trinajstić information content (AvgIpc) is 2.41. The largest absolute Gasteiger partial charge is 0.497 e. The molecular weight excluding hydrogens is 214 g/mol. The maximum atomic E-state index is 9.69. The lowest BCUT2D eigenvalue weighted by molar-refractivity contribution is -0.115. The Morgan fingerprint density at radius 3 is 1.88 bits per heavy atom. The van der Waals surface area contributed by atoms with Crippen LogP contribution in [0.4, 0.5) is 0 Å². The molecule has 3 heteroatoms. The van der Waals surface area contributed by atoms with E-state index in [0.29, 0.717) is 0 Å². The van der Waals surface area contributed by atoms with Crippen molar-refractivity contribution in [2.45, 2.75) is 34.1 Å². The number of hydrogen-bond acceptors (Lipinski definition) is 3. The highest BCUT2D eigenvalue weighted by atomic mass is 16.5. The smallest absolute Gasteiger partial charge is 0.143 e. The van der Waals surface area contributed by atoms with Crippen LogP contribution in [-0.2, 0) is 11.2 Å². The van der Waals surface area contributed by atoms with Gasteiger partial charge in [0.15, 0.2) is 0 Å². The molecule has 0 saturated heterocycles. The molecule has 1 rings (SSSR count). The highest BCUT2D eigenvalue weighted by Crippen LogP contribution is 2.10. The van der Waals surface area contributed by atoms with Crippen LogP contribution in [0, 0.1) is 0 Å². The lowest BCUT2D eigenvalue weighted by atomic mass is 10.2. The lowest BCUT2D eigenvalue weighted by Gasteiger charge is -1.99. The molecule has 1 aromatic rings. The quantitative estimate of drug-likeness (QED) is 0.882. The van der Waals surface area contributed by atoms with E-state index in [1.165, 1.54) is 12.5 Å². The van der Waals surface area contributed by atoms with E-state index >= 15 is 0 Å². The van der Waals surface area contributed by atoms with Gasteiger partial charge in [0.05, 0.1) is 13.7 Å². The Morgan fingerprint density at radius 1 is 1.24 bits per heavy atom. The van der Waals surface area contributed by atoms with Gasteiger partial charge in [-0.15, -0.1) is 0 Å². The second kappa shape index (κ2) is 12.7. The fraction of sp³-hybridized carbons (Fsp3) is 0.500. The highest BCUT2D eigenvalue weighted by Gasteiger charge is 1.89. The summed E-state index contributed by atoms with van der Waals surface area (Å²) in [6, 6.07) is 8.13. The number of ketones is 1. The number of carbonyl (C=O) groups excluding carboxylic acids is 1. The van der Waals surface area contributed by atoms with Crippen LogP contribution in [0.3, 0.4) is 0 Å². The van der Waals surface area contributed by atoms with Gasteiger partial charge in [0.25, 0.3) is 0 Å². The maximum Gasteiger partial charge on any atom is 0.143 e. The summed E-state index contributed by atoms with van der Waals surface area (Å²) in [6.07, 6.45) is 1.09. The van der Waals surface area contributed by atoms with Crippen molar-refractivity contribution >= 4 is 5.78 Å². The molecule has 2 N–H and O–H groups in total. The van der Waals surface area contributed by atoms with Crippen LogP contribution in [0.1, 0.15) is 33.3 Å². The van der Waals surface area contributed by atoms with Crippen LogP contribution in [0.2, 0.25) is 0 Å². The number of hydrogen-bond donors (Lipinski definition) is 1. The molecule has 17 heavy (non-hydrogen) atoms. The van der Waals surface area contributed by atoms with Crippen molar-refractivity contribution in [3.8, 4) is 5.75 Å². The van der Waals surface area contributed by atoms with Gasteiger partial charge in [-0.2, -0.15) is 0 Å². The molecule has 0 bridgehead atoms. The number of ether oxygens (including phenoxy) is 1. The summed E-state index contributed by atoms with van der Waals surface area (Å²) in [5.41, 5.74) is 6.17. The van der Waals surface area contributed by atoms with Gasteiger partial charge in [-0.25, -0.2) is 0 Å². The summed E-state index contributed by atoms with van der Waals surface area (Å²) in [5, 5.41) is 0. The Hall–Kier alpha value is -1.35. The fourth-order valence-corrected chi connectivity index (χ4v) is 0.861. The summed E-state index contributed by atoms with van der Waals surface area (Å²) >= 11 is 0. The van der Waals surface area contributed by atoms with Crippen molar-refractivity contribution in [2.75, 3.05) is 13.7 Å². The first-order valence-corrected chi connectivity index (χ1v) is 5.96. The minimum absolute atomic E-state index is 0.0324. The van der Waals surface area contributed by atoms with E-state index in [2.05, 4.69) is 19.1 Å². The van der Waals surface area contributed by atoms with Crippen LogP contribution in [0.15, 0.2) is 24.3 Å². The first-order valence-electron chi connectivity index (χ1n) is 5.96. The molecular formula is C14H25NO2. The highest BCUT2D eigenvalue weighted by molar-refractivity contribution is 5.77. The molecule has 0 radical (unpaired) electrons. The molecule has 0 spiro atoms. The van der Waals surface area contributed by atoms with Crippen LogP contribution >= 0.6 is 0 Å². The van der Waals surface area contributed by atoms with Gasteiger partial charge in [-0.3, -0.25) is 4.79 Å². The second-order valence-electron chi connectivity index (χ2n) is 3.11. The van der Waals surface area contributed by atoms with Crippen LogP contribution < -0.4 is 10.5 Å². The Balaban J connectivity index is 0. The molecule has 1 aromatic carbocycles. The molecule has 0 atom stereocenters. The van der Waals surface area contributed by atoms with E-state index in [1.54, 1.807) is 7.11 Å². The zero-order chi connectivity index (χ0) is 13.7. The molecule has 3 nitrogen and oxygen atoms in total. The van der Waals surface area contributed by atoms with E-state index < -0.39 is 0 Å². The molecule has 98 valence electrons. The van der Waals surface area contributed by atoms with Crippen molar-refractivity contribution in [3.63, 3.8) is 0 Å². The molecule has 0 heterocycles. The predicted molar refractivity (Wildman–Crippen MR) is 73.5 cm³/mol. The van der Waals surface area contributed by atoms with Crippen molar-refractivity contribution in [1.29, 1.82) is 0 Å². The summed E-state index contributed by atoms with van der Waals surface area (Å²) < 4.78 is 5.01. The molecule has 0 aliphatic heterocycles. The Bertz CT molecular complexity index is 258. The molecule has 0 unspecified atom stereocenters. The lowest BCUT2D eigenvalue weighted by Crippen LogP contribution is -2.07. The van der Waals surface area contributed by atoms with E-state index in [0.717, 1.165) is 12.2 Å². The summed E-state index contributed by atoms with van der Waals surface area (Å²) in [4.78, 5) is 9.69. The van der Waals surface area contributed by atoms with Crippen molar-refractivity contribution < 1.29 is 9.53 Å². The number of nitrogens with two attached hydrogens (primary N) is 1. The van der Waals surface area contributed by atoms with E-state index in [1.807, 2.05) is 26.0 Å². The minimum Gasteiger partial charge on any atom is -0.497 e. The molecule has 0 fully saturated rings.